The van der Waals surface area contributed by atoms with Gasteiger partial charge >= 0.3 is 0 Å². The smallest absolute Gasteiger partial charge is 0.00713 e. The molecule has 1 aromatic carbocycles. The van der Waals surface area contributed by atoms with Crippen molar-refractivity contribution in [1.82, 2.24) is 0 Å². The van der Waals surface area contributed by atoms with Crippen LogP contribution in [0.15, 0.2) is 18.2 Å². The molecule has 18 heavy (non-hydrogen) atoms. The van der Waals surface area contributed by atoms with E-state index in [0.717, 1.165) is 18.9 Å². The summed E-state index contributed by atoms with van der Waals surface area (Å²) in [6, 6.07) is 7.01. The zero-order valence-corrected chi connectivity index (χ0v) is 12.3. The van der Waals surface area contributed by atoms with Crippen molar-refractivity contribution in [3.05, 3.63) is 34.9 Å². The summed E-state index contributed by atoms with van der Waals surface area (Å²) in [5.41, 5.74) is 10.5. The molecule has 0 bridgehead atoms. The first kappa shape index (κ1) is 13.6. The van der Waals surface area contributed by atoms with Gasteiger partial charge in [-0.3, -0.25) is 0 Å². The summed E-state index contributed by atoms with van der Waals surface area (Å²) in [5.74, 6) is 1.58. The van der Waals surface area contributed by atoms with Crippen LogP contribution >= 0.6 is 0 Å². The molecule has 1 aliphatic rings. The summed E-state index contributed by atoms with van der Waals surface area (Å²) in [6.07, 6.45) is 3.92. The molecule has 1 saturated carbocycles. The SMILES string of the molecule is Cc1ccc(C(C)(C)C)cc1C(CCN)C1CC1. The molecular weight excluding hydrogens is 218 g/mol. The third-order valence-corrected chi connectivity index (χ3v) is 4.21. The average Bonchev–Trinajstić information content (AvgIpc) is 3.09. The van der Waals surface area contributed by atoms with Gasteiger partial charge in [0.05, 0.1) is 0 Å². The standard InChI is InChI=1S/C17H27N/c1-12-5-8-14(17(2,3)4)11-16(12)15(9-10-18)13-6-7-13/h5,8,11,13,15H,6-7,9-10,18H2,1-4H3. The molecule has 0 saturated heterocycles. The topological polar surface area (TPSA) is 26.0 Å². The van der Waals surface area contributed by atoms with Crippen LogP contribution in [0.2, 0.25) is 0 Å². The lowest BCUT2D eigenvalue weighted by Crippen LogP contribution is -2.15. The van der Waals surface area contributed by atoms with Gasteiger partial charge in [0.1, 0.15) is 0 Å². The summed E-state index contributed by atoms with van der Waals surface area (Å²) in [6.45, 7) is 9.91. The molecule has 1 nitrogen and oxygen atoms in total. The van der Waals surface area contributed by atoms with Crippen molar-refractivity contribution in [1.29, 1.82) is 0 Å². The summed E-state index contributed by atoms with van der Waals surface area (Å²) < 4.78 is 0. The van der Waals surface area contributed by atoms with Gasteiger partial charge in [-0.2, -0.15) is 0 Å². The van der Waals surface area contributed by atoms with Gasteiger partial charge in [-0.05, 0) is 66.7 Å². The Bertz CT molecular complexity index is 410. The fourth-order valence-electron chi connectivity index (χ4n) is 2.83. The Kier molecular flexibility index (Phi) is 3.82. The van der Waals surface area contributed by atoms with Gasteiger partial charge in [-0.15, -0.1) is 0 Å². The van der Waals surface area contributed by atoms with Crippen LogP contribution in [0.1, 0.15) is 62.6 Å². The minimum atomic E-state index is 0.235. The monoisotopic (exact) mass is 245 g/mol. The molecule has 1 atom stereocenters. The van der Waals surface area contributed by atoms with E-state index < -0.39 is 0 Å². The van der Waals surface area contributed by atoms with E-state index in [1.165, 1.54) is 24.0 Å². The van der Waals surface area contributed by atoms with Gasteiger partial charge in [-0.25, -0.2) is 0 Å². The second-order valence-electron chi connectivity index (χ2n) is 6.84. The molecule has 0 aromatic heterocycles. The molecule has 100 valence electrons. The van der Waals surface area contributed by atoms with Gasteiger partial charge in [0.15, 0.2) is 0 Å². The highest BCUT2D eigenvalue weighted by atomic mass is 14.5. The molecule has 2 N–H and O–H groups in total. The lowest BCUT2D eigenvalue weighted by Gasteiger charge is -2.24. The molecule has 0 amide bonds. The van der Waals surface area contributed by atoms with Crippen molar-refractivity contribution < 1.29 is 0 Å². The van der Waals surface area contributed by atoms with Crippen LogP contribution in [-0.4, -0.2) is 6.54 Å². The zero-order chi connectivity index (χ0) is 13.3. The highest BCUT2D eigenvalue weighted by Crippen LogP contribution is 2.45. The summed E-state index contributed by atoms with van der Waals surface area (Å²) in [5, 5.41) is 0. The highest BCUT2D eigenvalue weighted by Gasteiger charge is 2.32. The molecule has 1 aromatic rings. The van der Waals surface area contributed by atoms with E-state index in [0.29, 0.717) is 5.92 Å². The van der Waals surface area contributed by atoms with E-state index in [9.17, 15) is 0 Å². The van der Waals surface area contributed by atoms with Crippen LogP contribution < -0.4 is 5.73 Å². The number of benzene rings is 1. The van der Waals surface area contributed by atoms with Crippen molar-refractivity contribution >= 4 is 0 Å². The van der Waals surface area contributed by atoms with Crippen molar-refractivity contribution in [2.75, 3.05) is 6.54 Å². The first-order valence-electron chi connectivity index (χ1n) is 7.24. The largest absolute Gasteiger partial charge is 0.330 e. The lowest BCUT2D eigenvalue weighted by molar-refractivity contribution is 0.553. The molecule has 0 radical (unpaired) electrons. The van der Waals surface area contributed by atoms with E-state index >= 15 is 0 Å². The maximum Gasteiger partial charge on any atom is -0.00713 e. The predicted molar refractivity (Wildman–Crippen MR) is 79.0 cm³/mol. The van der Waals surface area contributed by atoms with Crippen molar-refractivity contribution in [3.63, 3.8) is 0 Å². The van der Waals surface area contributed by atoms with E-state index in [-0.39, 0.29) is 5.41 Å². The minimum absolute atomic E-state index is 0.235. The summed E-state index contributed by atoms with van der Waals surface area (Å²) >= 11 is 0. The first-order valence-corrected chi connectivity index (χ1v) is 7.24. The third-order valence-electron chi connectivity index (χ3n) is 4.21. The maximum absolute atomic E-state index is 5.81. The van der Waals surface area contributed by atoms with Crippen LogP contribution in [0.4, 0.5) is 0 Å². The number of hydrogen-bond acceptors (Lipinski definition) is 1. The van der Waals surface area contributed by atoms with E-state index in [2.05, 4.69) is 45.9 Å². The van der Waals surface area contributed by atoms with Crippen LogP contribution in [0.3, 0.4) is 0 Å². The third kappa shape index (κ3) is 2.95. The molecule has 1 fully saturated rings. The molecule has 0 spiro atoms. The van der Waals surface area contributed by atoms with Gasteiger partial charge in [0.2, 0.25) is 0 Å². The quantitative estimate of drug-likeness (QED) is 0.848. The minimum Gasteiger partial charge on any atom is -0.330 e. The summed E-state index contributed by atoms with van der Waals surface area (Å²) in [4.78, 5) is 0. The molecule has 2 rings (SSSR count). The molecule has 0 aliphatic heterocycles. The van der Waals surface area contributed by atoms with E-state index in [1.807, 2.05) is 0 Å². The van der Waals surface area contributed by atoms with Crippen molar-refractivity contribution in [2.24, 2.45) is 11.7 Å². The molecule has 1 aliphatic carbocycles. The van der Waals surface area contributed by atoms with Gasteiger partial charge in [0, 0.05) is 0 Å². The van der Waals surface area contributed by atoms with Crippen LogP contribution in [0, 0.1) is 12.8 Å². The maximum atomic E-state index is 5.81. The highest BCUT2D eigenvalue weighted by molar-refractivity contribution is 5.37. The van der Waals surface area contributed by atoms with Crippen LogP contribution in [0.25, 0.3) is 0 Å². The Balaban J connectivity index is 2.35. The Morgan fingerprint density at radius 1 is 1.28 bits per heavy atom. The van der Waals surface area contributed by atoms with Crippen molar-refractivity contribution in [3.8, 4) is 0 Å². The molecule has 1 heteroatoms. The van der Waals surface area contributed by atoms with Gasteiger partial charge < -0.3 is 5.73 Å². The van der Waals surface area contributed by atoms with E-state index in [4.69, 9.17) is 5.73 Å². The van der Waals surface area contributed by atoms with Crippen LogP contribution in [-0.2, 0) is 5.41 Å². The molecule has 1 unspecified atom stereocenters. The molecular formula is C17H27N. The van der Waals surface area contributed by atoms with Gasteiger partial charge in [0.25, 0.3) is 0 Å². The second-order valence-corrected chi connectivity index (χ2v) is 6.84. The Labute approximate surface area is 112 Å². The second kappa shape index (κ2) is 5.05. The number of nitrogens with two attached hydrogens (primary N) is 1. The Morgan fingerprint density at radius 3 is 2.44 bits per heavy atom. The lowest BCUT2D eigenvalue weighted by atomic mass is 9.81. The zero-order valence-electron chi connectivity index (χ0n) is 12.3. The van der Waals surface area contributed by atoms with Crippen LogP contribution in [0.5, 0.6) is 0 Å². The van der Waals surface area contributed by atoms with Crippen molar-refractivity contribution in [2.45, 2.75) is 58.3 Å². The Hall–Kier alpha value is -0.820. The fraction of sp³-hybridized carbons (Fsp3) is 0.647. The van der Waals surface area contributed by atoms with E-state index in [1.54, 1.807) is 5.56 Å². The molecule has 0 heterocycles. The van der Waals surface area contributed by atoms with Gasteiger partial charge in [-0.1, -0.05) is 39.0 Å². The summed E-state index contributed by atoms with van der Waals surface area (Å²) in [7, 11) is 0. The Morgan fingerprint density at radius 2 is 1.94 bits per heavy atom. The normalized spacial score (nSPS) is 17.8. The average molecular weight is 245 g/mol. The first-order chi connectivity index (χ1) is 8.43. The number of aryl methyl sites for hydroxylation is 1. The number of hydrogen-bond donors (Lipinski definition) is 1. The fourth-order valence-corrected chi connectivity index (χ4v) is 2.83. The number of rotatable bonds is 4. The predicted octanol–water partition coefficient (Wildman–Crippen LogP) is 4.13.